The lowest BCUT2D eigenvalue weighted by molar-refractivity contribution is -0.211. The molecule has 1 aliphatic rings. The molecule has 156 valence electrons. The highest BCUT2D eigenvalue weighted by atomic mass is 16.8. The maximum Gasteiger partial charge on any atom is 0.376 e. The predicted molar refractivity (Wildman–Crippen MR) is 108 cm³/mol. The van der Waals surface area contributed by atoms with E-state index in [1.165, 1.54) is 0 Å². The fraction of sp³-hybridized carbons (Fsp3) is 0.609. The molecule has 0 spiro atoms. The van der Waals surface area contributed by atoms with Crippen LogP contribution in [0.1, 0.15) is 52.5 Å². The van der Waals surface area contributed by atoms with Crippen molar-refractivity contribution in [2.75, 3.05) is 13.2 Å². The Morgan fingerprint density at radius 3 is 2.29 bits per heavy atom. The molecule has 0 aromatic heterocycles. The molecule has 0 aliphatic carbocycles. The molecule has 5 heteroatoms. The predicted octanol–water partition coefficient (Wildman–Crippen LogP) is 4.45. The molecule has 1 aromatic carbocycles. The molecular weight excluding hydrogens is 356 g/mol. The Morgan fingerprint density at radius 1 is 1.07 bits per heavy atom. The Labute approximate surface area is 168 Å². The third kappa shape index (κ3) is 6.95. The highest BCUT2D eigenvalue weighted by Gasteiger charge is 2.46. The summed E-state index contributed by atoms with van der Waals surface area (Å²) in [6.45, 7) is 8.72. The summed E-state index contributed by atoms with van der Waals surface area (Å²) in [4.78, 5) is 12.3. The molecule has 0 saturated carbocycles. The minimum absolute atomic E-state index is 0.0249. The van der Waals surface area contributed by atoms with E-state index in [2.05, 4.69) is 27.7 Å². The van der Waals surface area contributed by atoms with E-state index in [0.717, 1.165) is 24.8 Å². The van der Waals surface area contributed by atoms with Crippen molar-refractivity contribution in [3.8, 4) is 0 Å². The lowest BCUT2D eigenvalue weighted by Gasteiger charge is -2.23. The smallest absolute Gasteiger partial charge is 0.376 e. The van der Waals surface area contributed by atoms with E-state index in [9.17, 15) is 9.90 Å². The Kier molecular flexibility index (Phi) is 8.52. The molecule has 0 radical (unpaired) electrons. The summed E-state index contributed by atoms with van der Waals surface area (Å²) in [5.74, 6) is -0.131. The van der Waals surface area contributed by atoms with Gasteiger partial charge < -0.3 is 19.3 Å². The Bertz CT molecular complexity index is 628. The quantitative estimate of drug-likeness (QED) is 0.447. The fourth-order valence-corrected chi connectivity index (χ4v) is 3.57. The van der Waals surface area contributed by atoms with E-state index < -0.39 is 18.4 Å². The van der Waals surface area contributed by atoms with Gasteiger partial charge in [-0.25, -0.2) is 4.79 Å². The van der Waals surface area contributed by atoms with Gasteiger partial charge in [-0.15, -0.1) is 0 Å². The third-order valence-electron chi connectivity index (χ3n) is 4.70. The summed E-state index contributed by atoms with van der Waals surface area (Å²) in [5.41, 5.74) is 1.00. The van der Waals surface area contributed by atoms with Crippen molar-refractivity contribution in [1.82, 2.24) is 0 Å². The van der Waals surface area contributed by atoms with E-state index in [-0.39, 0.29) is 12.4 Å². The molecule has 0 bridgehead atoms. The summed E-state index contributed by atoms with van der Waals surface area (Å²) in [5, 5.41) is 9.76. The van der Waals surface area contributed by atoms with Gasteiger partial charge in [0.1, 0.15) is 13.2 Å². The molecule has 1 fully saturated rings. The largest absolute Gasteiger partial charge is 0.440 e. The van der Waals surface area contributed by atoms with Crippen LogP contribution in [0.2, 0.25) is 0 Å². The van der Waals surface area contributed by atoms with Crippen LogP contribution in [0, 0.1) is 17.8 Å². The van der Waals surface area contributed by atoms with Gasteiger partial charge in [0.05, 0.1) is 6.61 Å². The molecule has 2 rings (SSSR count). The van der Waals surface area contributed by atoms with Crippen LogP contribution in [0.25, 0.3) is 0 Å². The third-order valence-corrected chi connectivity index (χ3v) is 4.70. The van der Waals surface area contributed by atoms with Gasteiger partial charge in [-0.05, 0) is 48.7 Å². The van der Waals surface area contributed by atoms with E-state index in [4.69, 9.17) is 14.2 Å². The monoisotopic (exact) mass is 390 g/mol. The van der Waals surface area contributed by atoms with Crippen LogP contribution in [-0.2, 0) is 25.6 Å². The minimum atomic E-state index is -1.46. The number of cyclic esters (lactones) is 1. The lowest BCUT2D eigenvalue weighted by atomic mass is 9.87. The van der Waals surface area contributed by atoms with Crippen LogP contribution in [0.3, 0.4) is 0 Å². The van der Waals surface area contributed by atoms with Crippen LogP contribution in [-0.4, -0.2) is 30.1 Å². The molecule has 1 heterocycles. The lowest BCUT2D eigenvalue weighted by Crippen LogP contribution is -2.40. The summed E-state index contributed by atoms with van der Waals surface area (Å²) in [6, 6.07) is 9.68. The van der Waals surface area contributed by atoms with Gasteiger partial charge in [0.25, 0.3) is 0 Å². The number of aliphatic hydroxyl groups is 1. The molecule has 1 saturated heterocycles. The second-order valence-electron chi connectivity index (χ2n) is 8.47. The van der Waals surface area contributed by atoms with E-state index >= 15 is 0 Å². The summed E-state index contributed by atoms with van der Waals surface area (Å²) < 4.78 is 16.7. The van der Waals surface area contributed by atoms with Crippen molar-refractivity contribution >= 4 is 5.97 Å². The minimum Gasteiger partial charge on any atom is -0.440 e. The Hall–Kier alpha value is -1.85. The molecule has 28 heavy (non-hydrogen) atoms. The SMILES string of the molecule is CC(C)CC(C/C=C1/OC(CO)(COCc2ccccc2)OC1=O)CC(C)C. The second kappa shape index (κ2) is 10.6. The number of esters is 1. The zero-order valence-corrected chi connectivity index (χ0v) is 17.5. The number of hydrogen-bond acceptors (Lipinski definition) is 5. The van der Waals surface area contributed by atoms with Crippen molar-refractivity contribution in [1.29, 1.82) is 0 Å². The highest BCUT2D eigenvalue weighted by molar-refractivity contribution is 5.88. The number of allylic oxidation sites excluding steroid dienone is 1. The van der Waals surface area contributed by atoms with Gasteiger partial charge in [0.15, 0.2) is 0 Å². The van der Waals surface area contributed by atoms with Gasteiger partial charge in [0.2, 0.25) is 5.76 Å². The normalized spacial score (nSPS) is 21.0. The number of benzene rings is 1. The first-order valence-corrected chi connectivity index (χ1v) is 10.2. The summed E-state index contributed by atoms with van der Waals surface area (Å²) in [7, 11) is 0. The van der Waals surface area contributed by atoms with Gasteiger partial charge in [-0.1, -0.05) is 58.0 Å². The maximum absolute atomic E-state index is 12.3. The van der Waals surface area contributed by atoms with Gasteiger partial charge in [0, 0.05) is 0 Å². The Morgan fingerprint density at radius 2 is 1.71 bits per heavy atom. The summed E-state index contributed by atoms with van der Waals surface area (Å²) in [6.07, 6.45) is 4.77. The highest BCUT2D eigenvalue weighted by Crippen LogP contribution is 2.30. The van der Waals surface area contributed by atoms with E-state index in [1.807, 2.05) is 36.4 Å². The van der Waals surface area contributed by atoms with Crippen molar-refractivity contribution in [3.05, 3.63) is 47.7 Å². The summed E-state index contributed by atoms with van der Waals surface area (Å²) >= 11 is 0. The number of aliphatic hydroxyl groups excluding tert-OH is 1. The number of carbonyl (C=O) groups is 1. The van der Waals surface area contributed by atoms with Gasteiger partial charge in [-0.3, -0.25) is 0 Å². The zero-order chi connectivity index (χ0) is 20.6. The zero-order valence-electron chi connectivity index (χ0n) is 17.5. The van der Waals surface area contributed by atoms with E-state index in [0.29, 0.717) is 24.4 Å². The molecule has 0 amide bonds. The molecule has 1 N–H and O–H groups in total. The average molecular weight is 391 g/mol. The fourth-order valence-electron chi connectivity index (χ4n) is 3.57. The topological polar surface area (TPSA) is 65.0 Å². The first-order chi connectivity index (χ1) is 13.3. The van der Waals surface area contributed by atoms with Crippen LogP contribution in [0.15, 0.2) is 42.2 Å². The molecule has 5 nitrogen and oxygen atoms in total. The number of ether oxygens (including phenoxy) is 3. The molecule has 1 unspecified atom stereocenters. The van der Waals surface area contributed by atoms with Crippen LogP contribution in [0.5, 0.6) is 0 Å². The van der Waals surface area contributed by atoms with Crippen LogP contribution < -0.4 is 0 Å². The van der Waals surface area contributed by atoms with Gasteiger partial charge >= 0.3 is 11.8 Å². The number of rotatable bonds is 11. The first-order valence-electron chi connectivity index (χ1n) is 10.2. The average Bonchev–Trinajstić information content (AvgIpc) is 2.96. The molecule has 1 aliphatic heterocycles. The standard InChI is InChI=1S/C23H34O5/c1-17(2)12-20(13-18(3)4)10-11-21-22(25)28-23(15-24,27-21)16-26-14-19-8-6-5-7-9-19/h5-9,11,17-18,20,24H,10,12-16H2,1-4H3/b21-11+. The van der Waals surface area contributed by atoms with Gasteiger partial charge in [-0.2, -0.15) is 0 Å². The van der Waals surface area contributed by atoms with Crippen LogP contribution >= 0.6 is 0 Å². The Balaban J connectivity index is 1.95. The molecule has 1 aromatic rings. The van der Waals surface area contributed by atoms with Crippen molar-refractivity contribution in [2.45, 2.75) is 59.4 Å². The molecular formula is C23H34O5. The van der Waals surface area contributed by atoms with Crippen molar-refractivity contribution in [3.63, 3.8) is 0 Å². The van der Waals surface area contributed by atoms with Crippen molar-refractivity contribution < 1.29 is 24.1 Å². The molecule has 1 atom stereocenters. The maximum atomic E-state index is 12.3. The first kappa shape index (κ1) is 22.4. The van der Waals surface area contributed by atoms with E-state index in [1.54, 1.807) is 0 Å². The number of carbonyl (C=O) groups excluding carboxylic acids is 1. The second-order valence-corrected chi connectivity index (χ2v) is 8.47. The number of hydrogen-bond donors (Lipinski definition) is 1. The van der Waals surface area contributed by atoms with Crippen LogP contribution in [0.4, 0.5) is 0 Å². The van der Waals surface area contributed by atoms with Crippen molar-refractivity contribution in [2.24, 2.45) is 17.8 Å².